The van der Waals surface area contributed by atoms with Crippen LogP contribution < -0.4 is 15.5 Å². The van der Waals surface area contributed by atoms with Gasteiger partial charge in [-0.2, -0.15) is 0 Å². The Balaban J connectivity index is 1.60. The number of halogens is 1. The number of para-hydroxylation sites is 1. The number of fused-ring (bicyclic) bond motifs is 2. The third kappa shape index (κ3) is 3.66. The molecule has 1 unspecified atom stereocenters. The van der Waals surface area contributed by atoms with Crippen LogP contribution in [0.3, 0.4) is 0 Å². The summed E-state index contributed by atoms with van der Waals surface area (Å²) >= 11 is 8.07. The minimum Gasteiger partial charge on any atom is -0.362 e. The Hall–Kier alpha value is -2.97. The molecule has 3 aromatic heterocycles. The number of piperazine rings is 1. The van der Waals surface area contributed by atoms with Crippen LogP contribution >= 0.6 is 22.9 Å². The number of nitrogens with zero attached hydrogens (tertiary/aromatic N) is 4. The molecule has 7 nitrogen and oxygen atoms in total. The molecule has 2 N–H and O–H groups in total. The molecule has 1 aromatic carbocycles. The summed E-state index contributed by atoms with van der Waals surface area (Å²) in [4.78, 5) is 27.9. The SMILES string of the molecule is Cc1csc2c(NC(C)c3cc4cccc(Cl)c4nc3N3CCNC(=O)C3)ncnc12. The Labute approximate surface area is 188 Å². The van der Waals surface area contributed by atoms with Crippen molar-refractivity contribution < 1.29 is 4.79 Å². The van der Waals surface area contributed by atoms with Gasteiger partial charge < -0.3 is 15.5 Å². The summed E-state index contributed by atoms with van der Waals surface area (Å²) in [6, 6.07) is 7.76. The maximum Gasteiger partial charge on any atom is 0.239 e. The van der Waals surface area contributed by atoms with Crippen molar-refractivity contribution in [1.82, 2.24) is 20.3 Å². The van der Waals surface area contributed by atoms with Crippen LogP contribution in [0.4, 0.5) is 11.6 Å². The Morgan fingerprint density at radius 2 is 2.16 bits per heavy atom. The van der Waals surface area contributed by atoms with E-state index in [2.05, 4.69) is 45.9 Å². The van der Waals surface area contributed by atoms with Crippen LogP contribution in [-0.4, -0.2) is 40.5 Å². The summed E-state index contributed by atoms with van der Waals surface area (Å²) in [5.41, 5.74) is 3.83. The van der Waals surface area contributed by atoms with Crippen molar-refractivity contribution in [3.63, 3.8) is 0 Å². The summed E-state index contributed by atoms with van der Waals surface area (Å²) < 4.78 is 1.03. The molecule has 0 spiro atoms. The lowest BCUT2D eigenvalue weighted by molar-refractivity contribution is -0.120. The Kier molecular flexibility index (Phi) is 5.11. The normalized spacial score (nSPS) is 15.3. The van der Waals surface area contributed by atoms with Gasteiger partial charge in [0.25, 0.3) is 0 Å². The van der Waals surface area contributed by atoms with E-state index >= 15 is 0 Å². The molecular formula is C22H21ClN6OS. The fourth-order valence-electron chi connectivity index (χ4n) is 3.92. The van der Waals surface area contributed by atoms with Gasteiger partial charge in [0.05, 0.1) is 33.3 Å². The maximum absolute atomic E-state index is 12.1. The first-order valence-electron chi connectivity index (χ1n) is 10.1. The van der Waals surface area contributed by atoms with E-state index < -0.39 is 0 Å². The topological polar surface area (TPSA) is 83.0 Å². The van der Waals surface area contributed by atoms with Crippen molar-refractivity contribution >= 4 is 61.6 Å². The number of benzene rings is 1. The molecule has 0 aliphatic carbocycles. The fourth-order valence-corrected chi connectivity index (χ4v) is 5.09. The Bertz CT molecular complexity index is 1310. The second kappa shape index (κ2) is 7.94. The van der Waals surface area contributed by atoms with Gasteiger partial charge in [-0.15, -0.1) is 11.3 Å². The highest BCUT2D eigenvalue weighted by Crippen LogP contribution is 2.35. The van der Waals surface area contributed by atoms with E-state index in [1.165, 1.54) is 0 Å². The highest BCUT2D eigenvalue weighted by atomic mass is 35.5. The number of pyridine rings is 1. The van der Waals surface area contributed by atoms with Crippen LogP contribution in [0.5, 0.6) is 0 Å². The zero-order chi connectivity index (χ0) is 21.5. The first kappa shape index (κ1) is 20.0. The average Bonchev–Trinajstić information content (AvgIpc) is 3.15. The van der Waals surface area contributed by atoms with Gasteiger partial charge in [0.15, 0.2) is 0 Å². The number of nitrogens with one attached hydrogen (secondary N) is 2. The van der Waals surface area contributed by atoms with Crippen molar-refractivity contribution in [2.45, 2.75) is 19.9 Å². The first-order valence-corrected chi connectivity index (χ1v) is 11.3. The fraction of sp³-hybridized carbons (Fsp3) is 0.273. The second-order valence-corrected chi connectivity index (χ2v) is 8.96. The van der Waals surface area contributed by atoms with Crippen LogP contribution in [0.1, 0.15) is 24.1 Å². The van der Waals surface area contributed by atoms with Crippen LogP contribution in [0, 0.1) is 6.92 Å². The van der Waals surface area contributed by atoms with Crippen LogP contribution in [0.15, 0.2) is 36.0 Å². The van der Waals surface area contributed by atoms with Crippen molar-refractivity contribution in [2.75, 3.05) is 29.9 Å². The van der Waals surface area contributed by atoms with Gasteiger partial charge in [-0.05, 0) is 36.9 Å². The zero-order valence-electron chi connectivity index (χ0n) is 17.1. The van der Waals surface area contributed by atoms with E-state index in [0.717, 1.165) is 43.9 Å². The largest absolute Gasteiger partial charge is 0.362 e. The quantitative estimate of drug-likeness (QED) is 0.480. The number of thiophene rings is 1. The lowest BCUT2D eigenvalue weighted by atomic mass is 10.0. The lowest BCUT2D eigenvalue weighted by Gasteiger charge is -2.31. The molecule has 9 heteroatoms. The Morgan fingerprint density at radius 3 is 3.00 bits per heavy atom. The van der Waals surface area contributed by atoms with E-state index in [0.29, 0.717) is 18.1 Å². The summed E-state index contributed by atoms with van der Waals surface area (Å²) in [6.45, 7) is 5.68. The molecule has 0 bridgehead atoms. The number of hydrogen-bond donors (Lipinski definition) is 2. The predicted molar refractivity (Wildman–Crippen MR) is 126 cm³/mol. The van der Waals surface area contributed by atoms with Crippen molar-refractivity contribution in [1.29, 1.82) is 0 Å². The molecule has 31 heavy (non-hydrogen) atoms. The molecule has 0 saturated carbocycles. The molecular weight excluding hydrogens is 432 g/mol. The zero-order valence-corrected chi connectivity index (χ0v) is 18.7. The van der Waals surface area contributed by atoms with Crippen molar-refractivity contribution in [3.05, 3.63) is 52.1 Å². The Morgan fingerprint density at radius 1 is 1.29 bits per heavy atom. The standard InChI is InChI=1S/C22H21ClN6OS/c1-12-10-31-20-18(12)25-11-26-21(20)27-13(2)15-8-14-4-3-5-16(23)19(14)28-22(15)29-7-6-24-17(30)9-29/h3-5,8,10-11,13H,6-7,9H2,1-2H3,(H,24,30)(H,25,26,27). The molecule has 1 aliphatic heterocycles. The molecule has 4 heterocycles. The minimum absolute atomic E-state index is 0.00885. The lowest BCUT2D eigenvalue weighted by Crippen LogP contribution is -2.48. The summed E-state index contributed by atoms with van der Waals surface area (Å²) in [5, 5.41) is 10.1. The number of rotatable bonds is 4. The van der Waals surface area contributed by atoms with E-state index in [-0.39, 0.29) is 18.5 Å². The molecule has 158 valence electrons. The summed E-state index contributed by atoms with van der Waals surface area (Å²) in [6.07, 6.45) is 1.59. The minimum atomic E-state index is -0.101. The second-order valence-electron chi connectivity index (χ2n) is 7.67. The van der Waals surface area contributed by atoms with E-state index in [4.69, 9.17) is 16.6 Å². The van der Waals surface area contributed by atoms with Gasteiger partial charge >= 0.3 is 0 Å². The molecule has 4 aromatic rings. The molecule has 0 radical (unpaired) electrons. The first-order chi connectivity index (χ1) is 15.0. The van der Waals surface area contributed by atoms with Gasteiger partial charge in [-0.3, -0.25) is 4.79 Å². The number of aryl methyl sites for hydroxylation is 1. The van der Waals surface area contributed by atoms with Crippen molar-refractivity contribution in [3.8, 4) is 0 Å². The van der Waals surface area contributed by atoms with Crippen LogP contribution in [0.25, 0.3) is 21.1 Å². The van der Waals surface area contributed by atoms with E-state index in [1.807, 2.05) is 23.1 Å². The predicted octanol–water partition coefficient (Wildman–Crippen LogP) is 4.31. The average molecular weight is 453 g/mol. The molecule has 1 atom stereocenters. The molecule has 1 aliphatic rings. The van der Waals surface area contributed by atoms with Gasteiger partial charge in [0.1, 0.15) is 18.0 Å². The highest BCUT2D eigenvalue weighted by Gasteiger charge is 2.24. The number of aromatic nitrogens is 3. The molecule has 1 amide bonds. The van der Waals surface area contributed by atoms with Crippen molar-refractivity contribution in [2.24, 2.45) is 0 Å². The molecule has 1 saturated heterocycles. The number of anilines is 2. The van der Waals surface area contributed by atoms with E-state index in [1.54, 1.807) is 17.7 Å². The van der Waals surface area contributed by atoms with E-state index in [9.17, 15) is 4.79 Å². The third-order valence-electron chi connectivity index (χ3n) is 5.49. The number of carbonyl (C=O) groups excluding carboxylic acids is 1. The molecule has 1 fully saturated rings. The van der Waals surface area contributed by atoms with Gasteiger partial charge in [0, 0.05) is 24.0 Å². The number of amides is 1. The third-order valence-corrected chi connectivity index (χ3v) is 6.89. The number of hydrogen-bond acceptors (Lipinski definition) is 7. The van der Waals surface area contributed by atoms with Gasteiger partial charge in [0.2, 0.25) is 5.91 Å². The smallest absolute Gasteiger partial charge is 0.239 e. The van der Waals surface area contributed by atoms with Crippen LogP contribution in [0.2, 0.25) is 5.02 Å². The van der Waals surface area contributed by atoms with Crippen LogP contribution in [-0.2, 0) is 4.79 Å². The van der Waals surface area contributed by atoms with Gasteiger partial charge in [-0.25, -0.2) is 15.0 Å². The number of carbonyl (C=O) groups is 1. The monoisotopic (exact) mass is 452 g/mol. The highest BCUT2D eigenvalue weighted by molar-refractivity contribution is 7.18. The van der Waals surface area contributed by atoms with Gasteiger partial charge in [-0.1, -0.05) is 23.7 Å². The summed E-state index contributed by atoms with van der Waals surface area (Å²) in [7, 11) is 0. The molecule has 5 rings (SSSR count). The maximum atomic E-state index is 12.1. The summed E-state index contributed by atoms with van der Waals surface area (Å²) in [5.74, 6) is 1.55.